The molecule has 80 valence electrons. The third-order valence-electron chi connectivity index (χ3n) is 2.46. The molecular weight excluding hydrogens is 224 g/mol. The van der Waals surface area contributed by atoms with Gasteiger partial charge in [0.05, 0.1) is 22.5 Å². The summed E-state index contributed by atoms with van der Waals surface area (Å²) in [6.45, 7) is 0. The average molecular weight is 232 g/mol. The van der Waals surface area contributed by atoms with E-state index in [0.717, 1.165) is 16.3 Å². The van der Waals surface area contributed by atoms with Gasteiger partial charge in [-0.3, -0.25) is 14.8 Å². The van der Waals surface area contributed by atoms with Crippen LogP contribution < -0.4 is 10.6 Å². The highest BCUT2D eigenvalue weighted by molar-refractivity contribution is 7.12. The Kier molecular flexibility index (Phi) is 1.90. The summed E-state index contributed by atoms with van der Waals surface area (Å²) < 4.78 is 0. The quantitative estimate of drug-likeness (QED) is 0.775. The molecule has 6 heteroatoms. The monoisotopic (exact) mass is 232 g/mol. The first-order chi connectivity index (χ1) is 7.77. The SMILES string of the molecule is NC(=O)C1N=CC2=CN=Cc3sccc3N21. The largest absolute Gasteiger partial charge is 0.366 e. The average Bonchev–Trinajstić information content (AvgIpc) is 2.82. The molecule has 0 radical (unpaired) electrons. The van der Waals surface area contributed by atoms with Gasteiger partial charge in [0.1, 0.15) is 0 Å². The fourth-order valence-corrected chi connectivity index (χ4v) is 2.53. The van der Waals surface area contributed by atoms with Crippen molar-refractivity contribution < 1.29 is 4.79 Å². The summed E-state index contributed by atoms with van der Waals surface area (Å²) in [4.78, 5) is 22.4. The fourth-order valence-electron chi connectivity index (χ4n) is 1.78. The smallest absolute Gasteiger partial charge is 0.263 e. The second-order valence-electron chi connectivity index (χ2n) is 3.43. The topological polar surface area (TPSA) is 71.0 Å². The second kappa shape index (κ2) is 3.28. The number of carbonyl (C=O) groups is 1. The van der Waals surface area contributed by atoms with E-state index in [1.165, 1.54) is 0 Å². The Labute approximate surface area is 95.6 Å². The van der Waals surface area contributed by atoms with Gasteiger partial charge in [-0.1, -0.05) is 0 Å². The number of primary amides is 1. The number of aliphatic imine (C=N–C) groups is 2. The Morgan fingerprint density at radius 2 is 2.38 bits per heavy atom. The summed E-state index contributed by atoms with van der Waals surface area (Å²) in [5, 5.41) is 1.95. The minimum Gasteiger partial charge on any atom is -0.366 e. The molecule has 0 saturated carbocycles. The molecule has 2 aliphatic rings. The molecule has 3 rings (SSSR count). The van der Waals surface area contributed by atoms with Crippen molar-refractivity contribution in [3.05, 3.63) is 28.2 Å². The van der Waals surface area contributed by atoms with Crippen LogP contribution in [-0.2, 0) is 4.79 Å². The van der Waals surface area contributed by atoms with E-state index in [0.29, 0.717) is 0 Å². The van der Waals surface area contributed by atoms with Crippen LogP contribution in [0.4, 0.5) is 5.69 Å². The van der Waals surface area contributed by atoms with Crippen LogP contribution in [0.1, 0.15) is 4.88 Å². The van der Waals surface area contributed by atoms with Crippen LogP contribution in [0.3, 0.4) is 0 Å². The number of nitrogens with zero attached hydrogens (tertiary/aromatic N) is 3. The molecule has 3 heterocycles. The van der Waals surface area contributed by atoms with Crippen LogP contribution >= 0.6 is 11.3 Å². The van der Waals surface area contributed by atoms with Gasteiger partial charge < -0.3 is 10.6 Å². The minimum atomic E-state index is -0.652. The number of allylic oxidation sites excluding steroid dienone is 1. The first-order valence-corrected chi connectivity index (χ1v) is 5.58. The van der Waals surface area contributed by atoms with Crippen molar-refractivity contribution in [3.8, 4) is 0 Å². The van der Waals surface area contributed by atoms with E-state index in [2.05, 4.69) is 9.98 Å². The summed E-state index contributed by atoms with van der Waals surface area (Å²) in [5.41, 5.74) is 7.04. The molecular formula is C10H8N4OS. The normalized spacial score (nSPS) is 21.4. The minimum absolute atomic E-state index is 0.460. The van der Waals surface area contributed by atoms with E-state index in [-0.39, 0.29) is 0 Å². The molecule has 1 unspecified atom stereocenters. The lowest BCUT2D eigenvalue weighted by molar-refractivity contribution is -0.118. The Bertz CT molecular complexity index is 543. The molecule has 16 heavy (non-hydrogen) atoms. The van der Waals surface area contributed by atoms with Crippen LogP contribution in [0.5, 0.6) is 0 Å². The molecule has 0 aromatic carbocycles. The number of thiophene rings is 1. The number of amides is 1. The van der Waals surface area contributed by atoms with Crippen molar-refractivity contribution in [1.29, 1.82) is 0 Å². The van der Waals surface area contributed by atoms with Crippen molar-refractivity contribution in [2.45, 2.75) is 6.17 Å². The number of carbonyl (C=O) groups excluding carboxylic acids is 1. The van der Waals surface area contributed by atoms with Gasteiger partial charge in [-0.25, -0.2) is 0 Å². The summed E-state index contributed by atoms with van der Waals surface area (Å²) in [6, 6.07) is 1.94. The van der Waals surface area contributed by atoms with E-state index in [1.54, 1.807) is 34.9 Å². The lowest BCUT2D eigenvalue weighted by atomic mass is 10.3. The summed E-state index contributed by atoms with van der Waals surface area (Å²) in [7, 11) is 0. The van der Waals surface area contributed by atoms with Crippen LogP contribution in [0.25, 0.3) is 0 Å². The third kappa shape index (κ3) is 1.20. The van der Waals surface area contributed by atoms with Crippen molar-refractivity contribution >= 4 is 35.4 Å². The number of nitrogens with two attached hydrogens (primary N) is 1. The van der Waals surface area contributed by atoms with Crippen LogP contribution in [0, 0.1) is 0 Å². The van der Waals surface area contributed by atoms with E-state index in [4.69, 9.17) is 5.73 Å². The Morgan fingerprint density at radius 1 is 1.50 bits per heavy atom. The molecule has 2 N–H and O–H groups in total. The van der Waals surface area contributed by atoms with Crippen LogP contribution in [0.2, 0.25) is 0 Å². The molecule has 0 saturated heterocycles. The molecule has 1 aromatic heterocycles. The predicted octanol–water partition coefficient (Wildman–Crippen LogP) is 0.724. The van der Waals surface area contributed by atoms with Crippen molar-refractivity contribution in [1.82, 2.24) is 0 Å². The highest BCUT2D eigenvalue weighted by Crippen LogP contribution is 2.33. The molecule has 1 amide bonds. The summed E-state index contributed by atoms with van der Waals surface area (Å²) in [5.74, 6) is -0.460. The number of fused-ring (bicyclic) bond motifs is 3. The number of rotatable bonds is 1. The van der Waals surface area contributed by atoms with Gasteiger partial charge in [0, 0.05) is 12.4 Å². The predicted molar refractivity (Wildman–Crippen MR) is 63.9 cm³/mol. The Morgan fingerprint density at radius 3 is 3.19 bits per heavy atom. The van der Waals surface area contributed by atoms with Crippen molar-refractivity contribution in [2.75, 3.05) is 4.90 Å². The fraction of sp³-hybridized carbons (Fsp3) is 0.100. The molecule has 5 nitrogen and oxygen atoms in total. The first-order valence-electron chi connectivity index (χ1n) is 4.70. The van der Waals surface area contributed by atoms with Gasteiger partial charge in [0.25, 0.3) is 5.91 Å². The van der Waals surface area contributed by atoms with Gasteiger partial charge in [0.15, 0.2) is 0 Å². The maximum atomic E-state index is 11.3. The highest BCUT2D eigenvalue weighted by Gasteiger charge is 2.32. The maximum absolute atomic E-state index is 11.3. The van der Waals surface area contributed by atoms with E-state index < -0.39 is 12.1 Å². The standard InChI is InChI=1S/C10H8N4OS/c11-9(15)10-13-4-6-3-12-5-8-7(14(6)10)1-2-16-8/h1-5,10H,(H2,11,15). The zero-order valence-corrected chi connectivity index (χ0v) is 9.02. The van der Waals surface area contributed by atoms with Gasteiger partial charge in [-0.2, -0.15) is 0 Å². The Hall–Kier alpha value is -1.95. The van der Waals surface area contributed by atoms with E-state index in [1.807, 2.05) is 11.4 Å². The van der Waals surface area contributed by atoms with Gasteiger partial charge >= 0.3 is 0 Å². The van der Waals surface area contributed by atoms with Gasteiger partial charge in [-0.15, -0.1) is 11.3 Å². The molecule has 0 fully saturated rings. The van der Waals surface area contributed by atoms with E-state index >= 15 is 0 Å². The molecule has 1 aromatic rings. The Balaban J connectivity index is 2.14. The summed E-state index contributed by atoms with van der Waals surface area (Å²) >= 11 is 1.57. The maximum Gasteiger partial charge on any atom is 0.263 e. The van der Waals surface area contributed by atoms with Gasteiger partial charge in [0.2, 0.25) is 6.17 Å². The number of anilines is 1. The molecule has 0 bridgehead atoms. The zero-order chi connectivity index (χ0) is 11.1. The molecule has 1 atom stereocenters. The van der Waals surface area contributed by atoms with Crippen LogP contribution in [-0.4, -0.2) is 24.5 Å². The third-order valence-corrected chi connectivity index (χ3v) is 3.30. The number of hydrogen-bond donors (Lipinski definition) is 1. The molecule has 0 aliphatic carbocycles. The lowest BCUT2D eigenvalue weighted by Crippen LogP contribution is -2.39. The highest BCUT2D eigenvalue weighted by atomic mass is 32.1. The first kappa shape index (κ1) is 9.29. The second-order valence-corrected chi connectivity index (χ2v) is 4.37. The van der Waals surface area contributed by atoms with E-state index in [9.17, 15) is 4.79 Å². The van der Waals surface area contributed by atoms with Gasteiger partial charge in [-0.05, 0) is 11.4 Å². The summed E-state index contributed by atoms with van der Waals surface area (Å²) in [6.07, 6.45) is 4.43. The zero-order valence-electron chi connectivity index (χ0n) is 8.20. The molecule has 2 aliphatic heterocycles. The lowest BCUT2D eigenvalue weighted by Gasteiger charge is -2.22. The van der Waals surface area contributed by atoms with Crippen molar-refractivity contribution in [2.24, 2.45) is 15.7 Å². The number of hydrogen-bond acceptors (Lipinski definition) is 5. The van der Waals surface area contributed by atoms with Crippen molar-refractivity contribution in [3.63, 3.8) is 0 Å². The molecule has 0 spiro atoms. The van der Waals surface area contributed by atoms with Crippen LogP contribution in [0.15, 0.2) is 33.3 Å².